The van der Waals surface area contributed by atoms with Crippen molar-refractivity contribution in [2.75, 3.05) is 18.5 Å². The number of hydrogen-bond donors (Lipinski definition) is 2. The number of nitrogens with zero attached hydrogens (tertiary/aromatic N) is 5. The van der Waals surface area contributed by atoms with Crippen LogP contribution in [0.5, 0.6) is 5.88 Å². The van der Waals surface area contributed by atoms with E-state index in [0.29, 0.717) is 47.2 Å². The number of carbonyl (C=O) groups is 1. The van der Waals surface area contributed by atoms with Gasteiger partial charge >= 0.3 is 12.2 Å². The summed E-state index contributed by atoms with van der Waals surface area (Å²) in [6.45, 7) is 4.24. The van der Waals surface area contributed by atoms with Crippen LogP contribution in [0.4, 0.5) is 23.8 Å². The van der Waals surface area contributed by atoms with Gasteiger partial charge in [0.1, 0.15) is 10.8 Å². The molecule has 4 aromatic heterocycles. The number of rotatable bonds is 8. The van der Waals surface area contributed by atoms with Crippen LogP contribution >= 0.6 is 11.3 Å². The molecule has 0 spiro atoms. The van der Waals surface area contributed by atoms with Gasteiger partial charge in [-0.3, -0.25) is 5.32 Å². The summed E-state index contributed by atoms with van der Waals surface area (Å²) in [6.07, 6.45) is 0.471. The van der Waals surface area contributed by atoms with Crippen molar-refractivity contribution >= 4 is 23.2 Å². The number of halogens is 3. The maximum absolute atomic E-state index is 13.4. The van der Waals surface area contributed by atoms with E-state index < -0.39 is 17.9 Å². The number of thiazole rings is 1. The molecule has 0 aromatic carbocycles. The van der Waals surface area contributed by atoms with Crippen molar-refractivity contribution in [1.82, 2.24) is 30.5 Å². The van der Waals surface area contributed by atoms with Crippen LogP contribution in [-0.2, 0) is 6.18 Å². The van der Waals surface area contributed by atoms with Crippen LogP contribution in [0.3, 0.4) is 0 Å². The first kappa shape index (κ1) is 25.6. The van der Waals surface area contributed by atoms with E-state index in [4.69, 9.17) is 9.15 Å². The Morgan fingerprint density at radius 2 is 1.97 bits per heavy atom. The number of nitrogens with one attached hydrogen (secondary N) is 2. The number of aryl methyl sites for hydroxylation is 1. The highest BCUT2D eigenvalue weighted by molar-refractivity contribution is 7.13. The molecule has 5 rings (SSSR count). The molecule has 0 bridgehead atoms. The van der Waals surface area contributed by atoms with Crippen LogP contribution in [0.25, 0.3) is 33.2 Å². The molecule has 10 nitrogen and oxygen atoms in total. The molecule has 1 fully saturated rings. The predicted octanol–water partition coefficient (Wildman–Crippen LogP) is 5.57. The van der Waals surface area contributed by atoms with Gasteiger partial charge in [0.25, 0.3) is 0 Å². The summed E-state index contributed by atoms with van der Waals surface area (Å²) in [7, 11) is 0. The van der Waals surface area contributed by atoms with Crippen LogP contribution in [0.1, 0.15) is 31.4 Å². The summed E-state index contributed by atoms with van der Waals surface area (Å²) < 4.78 is 51.7. The van der Waals surface area contributed by atoms with E-state index in [1.807, 2.05) is 0 Å². The molecule has 0 radical (unpaired) electrons. The molecular weight excluding hydrogens is 523 g/mol. The summed E-state index contributed by atoms with van der Waals surface area (Å²) >= 11 is 0.825. The van der Waals surface area contributed by atoms with Gasteiger partial charge in [0, 0.05) is 47.9 Å². The first-order valence-electron chi connectivity index (χ1n) is 11.7. The molecule has 2 amide bonds. The molecule has 0 atom stereocenters. The van der Waals surface area contributed by atoms with Gasteiger partial charge in [-0.1, -0.05) is 0 Å². The first-order chi connectivity index (χ1) is 18.2. The highest BCUT2D eigenvalue weighted by Gasteiger charge is 2.34. The van der Waals surface area contributed by atoms with Crippen LogP contribution in [0, 0.1) is 12.8 Å². The van der Waals surface area contributed by atoms with Gasteiger partial charge in [-0.25, -0.2) is 19.7 Å². The van der Waals surface area contributed by atoms with Crippen molar-refractivity contribution in [3.05, 3.63) is 41.5 Å². The topological polar surface area (TPSA) is 128 Å². The monoisotopic (exact) mass is 545 g/mol. The Kier molecular flexibility index (Phi) is 6.97. The van der Waals surface area contributed by atoms with Crippen molar-refractivity contribution < 1.29 is 27.1 Å². The van der Waals surface area contributed by atoms with E-state index in [0.717, 1.165) is 29.6 Å². The fraction of sp³-hybridized carbons (Fsp3) is 0.333. The van der Waals surface area contributed by atoms with Crippen LogP contribution in [0.2, 0.25) is 0 Å². The Balaban J connectivity index is 1.64. The van der Waals surface area contributed by atoms with Gasteiger partial charge < -0.3 is 14.5 Å². The zero-order valence-corrected chi connectivity index (χ0v) is 21.1. The maximum atomic E-state index is 13.4. The molecule has 0 aliphatic heterocycles. The third-order valence-corrected chi connectivity index (χ3v) is 6.45. The molecular formula is C24H22F3N7O3S. The molecule has 1 aliphatic carbocycles. The summed E-state index contributed by atoms with van der Waals surface area (Å²) in [5.74, 6) is 1.42. The molecule has 4 aromatic rings. The first-order valence-corrected chi connectivity index (χ1v) is 12.6. The fourth-order valence-electron chi connectivity index (χ4n) is 3.54. The lowest BCUT2D eigenvalue weighted by molar-refractivity contribution is -0.140. The van der Waals surface area contributed by atoms with E-state index >= 15 is 0 Å². The second-order valence-electron chi connectivity index (χ2n) is 8.59. The molecule has 0 saturated heterocycles. The second kappa shape index (κ2) is 10.4. The van der Waals surface area contributed by atoms with E-state index in [2.05, 4.69) is 35.8 Å². The number of hydrogen-bond acceptors (Lipinski definition) is 9. The minimum absolute atomic E-state index is 0.0841. The van der Waals surface area contributed by atoms with Gasteiger partial charge in [-0.15, -0.1) is 21.5 Å². The highest BCUT2D eigenvalue weighted by Crippen LogP contribution is 2.42. The van der Waals surface area contributed by atoms with Crippen molar-refractivity contribution in [2.45, 2.75) is 32.9 Å². The highest BCUT2D eigenvalue weighted by atomic mass is 32.1. The number of ether oxygens (including phenoxy) is 1. The summed E-state index contributed by atoms with van der Waals surface area (Å²) in [6, 6.07) is 2.67. The van der Waals surface area contributed by atoms with Gasteiger partial charge in [0.2, 0.25) is 17.7 Å². The van der Waals surface area contributed by atoms with Crippen molar-refractivity contribution in [3.8, 4) is 39.0 Å². The standard InChI is InChI=1S/C24H22F3N7O3S/c1-3-28-23(35)32-19-7-16(22-31-18(11-38-22)24(25,26)27)17(9-29-19)15-6-14(20-34-33-12(2)37-20)8-30-21(15)36-10-13-4-5-13/h6-9,11,13H,3-5,10H2,1-2H3,(H2,28,29,32,35). The Morgan fingerprint density at radius 3 is 2.63 bits per heavy atom. The zero-order chi connectivity index (χ0) is 26.9. The average Bonchev–Trinajstić information content (AvgIpc) is 3.37. The van der Waals surface area contributed by atoms with E-state index in [1.165, 1.54) is 18.5 Å². The molecule has 4 heterocycles. The van der Waals surface area contributed by atoms with Gasteiger partial charge in [-0.2, -0.15) is 13.2 Å². The fourth-order valence-corrected chi connectivity index (χ4v) is 4.39. The molecule has 38 heavy (non-hydrogen) atoms. The molecule has 1 saturated carbocycles. The van der Waals surface area contributed by atoms with Crippen LogP contribution in [0.15, 0.2) is 34.3 Å². The summed E-state index contributed by atoms with van der Waals surface area (Å²) in [4.78, 5) is 24.7. The lowest BCUT2D eigenvalue weighted by Gasteiger charge is -2.15. The van der Waals surface area contributed by atoms with E-state index in [-0.39, 0.29) is 22.6 Å². The summed E-state index contributed by atoms with van der Waals surface area (Å²) in [5.41, 5.74) is 0.645. The number of pyridine rings is 2. The largest absolute Gasteiger partial charge is 0.477 e. The average molecular weight is 546 g/mol. The second-order valence-corrected chi connectivity index (χ2v) is 9.45. The molecule has 198 valence electrons. The molecule has 2 N–H and O–H groups in total. The van der Waals surface area contributed by atoms with Crippen LogP contribution in [-0.4, -0.2) is 44.3 Å². The Morgan fingerprint density at radius 1 is 1.16 bits per heavy atom. The number of alkyl halides is 3. The van der Waals surface area contributed by atoms with Crippen molar-refractivity contribution in [1.29, 1.82) is 0 Å². The van der Waals surface area contributed by atoms with Gasteiger partial charge in [0.05, 0.1) is 12.2 Å². The molecule has 0 unspecified atom stereocenters. The quantitative estimate of drug-likeness (QED) is 0.294. The minimum Gasteiger partial charge on any atom is -0.477 e. The number of urea groups is 1. The number of aromatic nitrogens is 5. The van der Waals surface area contributed by atoms with Crippen molar-refractivity contribution in [3.63, 3.8) is 0 Å². The number of carbonyl (C=O) groups excluding carboxylic acids is 1. The Labute approximate surface area is 218 Å². The smallest absolute Gasteiger partial charge is 0.434 e. The van der Waals surface area contributed by atoms with Gasteiger partial charge in [0.15, 0.2) is 5.69 Å². The lowest BCUT2D eigenvalue weighted by atomic mass is 10.0. The predicted molar refractivity (Wildman–Crippen MR) is 133 cm³/mol. The SMILES string of the molecule is CCNC(=O)Nc1cc(-c2nc(C(F)(F)F)cs2)c(-c2cc(-c3nnc(C)o3)cnc2OCC2CC2)cn1. The molecule has 1 aliphatic rings. The third-order valence-electron chi connectivity index (χ3n) is 5.57. The number of amides is 2. The van der Waals surface area contributed by atoms with Gasteiger partial charge in [-0.05, 0) is 37.8 Å². The lowest BCUT2D eigenvalue weighted by Crippen LogP contribution is -2.28. The Bertz CT molecular complexity index is 1470. The normalized spacial score (nSPS) is 13.4. The molecule has 14 heteroatoms. The van der Waals surface area contributed by atoms with Crippen LogP contribution < -0.4 is 15.4 Å². The van der Waals surface area contributed by atoms with E-state index in [1.54, 1.807) is 19.9 Å². The maximum Gasteiger partial charge on any atom is 0.434 e. The third kappa shape index (κ3) is 5.74. The minimum atomic E-state index is -4.61. The van der Waals surface area contributed by atoms with E-state index in [9.17, 15) is 18.0 Å². The van der Waals surface area contributed by atoms with Crippen molar-refractivity contribution in [2.24, 2.45) is 5.92 Å². The number of anilines is 1. The Hall–Kier alpha value is -4.07. The summed E-state index contributed by atoms with van der Waals surface area (Å²) in [5, 5.41) is 14.1. The zero-order valence-electron chi connectivity index (χ0n) is 20.3.